The van der Waals surface area contributed by atoms with Gasteiger partial charge in [0.1, 0.15) is 0 Å². The molecule has 0 rings (SSSR count). The molecule has 0 aliphatic heterocycles. The van der Waals surface area contributed by atoms with Gasteiger partial charge in [0, 0.05) is 12.3 Å². The molecule has 0 radical (unpaired) electrons. The quantitative estimate of drug-likeness (QED) is 0.668. The van der Waals surface area contributed by atoms with Gasteiger partial charge in [-0.25, -0.2) is 8.42 Å². The van der Waals surface area contributed by atoms with Crippen LogP contribution in [0.1, 0.15) is 40.0 Å². The highest BCUT2D eigenvalue weighted by Crippen LogP contribution is 2.14. The van der Waals surface area contributed by atoms with E-state index in [4.69, 9.17) is 0 Å². The highest BCUT2D eigenvalue weighted by Gasteiger charge is 2.25. The molecule has 0 saturated carbocycles. The third-order valence-electron chi connectivity index (χ3n) is 2.91. The average Bonchev–Trinajstić information content (AvgIpc) is 2.21. The first kappa shape index (κ1) is 15.7. The summed E-state index contributed by atoms with van der Waals surface area (Å²) in [5.41, 5.74) is 1.10. The van der Waals surface area contributed by atoms with E-state index in [1.54, 1.807) is 6.92 Å². The monoisotopic (exact) mass is 247 g/mol. The SMILES string of the molecule is C=C(CC)CC(NCCC)C(C)S(C)(=O)=O. The van der Waals surface area contributed by atoms with E-state index in [9.17, 15) is 8.42 Å². The molecular weight excluding hydrogens is 222 g/mol. The molecule has 0 aromatic rings. The van der Waals surface area contributed by atoms with Gasteiger partial charge in [-0.15, -0.1) is 0 Å². The minimum Gasteiger partial charge on any atom is -0.312 e. The number of rotatable bonds is 8. The van der Waals surface area contributed by atoms with Gasteiger partial charge >= 0.3 is 0 Å². The van der Waals surface area contributed by atoms with Crippen molar-refractivity contribution in [1.82, 2.24) is 5.32 Å². The summed E-state index contributed by atoms with van der Waals surface area (Å²) in [4.78, 5) is 0. The first-order chi connectivity index (χ1) is 7.32. The Morgan fingerprint density at radius 3 is 2.31 bits per heavy atom. The van der Waals surface area contributed by atoms with Crippen molar-refractivity contribution in [2.45, 2.75) is 51.3 Å². The van der Waals surface area contributed by atoms with E-state index in [2.05, 4.69) is 18.8 Å². The largest absolute Gasteiger partial charge is 0.312 e. The Bertz CT molecular complexity index is 309. The molecule has 16 heavy (non-hydrogen) atoms. The molecule has 2 unspecified atom stereocenters. The average molecular weight is 247 g/mol. The zero-order valence-corrected chi connectivity index (χ0v) is 11.7. The number of hydrogen-bond donors (Lipinski definition) is 1. The predicted molar refractivity (Wildman–Crippen MR) is 70.4 cm³/mol. The molecule has 0 aromatic heterocycles. The van der Waals surface area contributed by atoms with Gasteiger partial charge in [-0.2, -0.15) is 0 Å². The van der Waals surface area contributed by atoms with Gasteiger partial charge < -0.3 is 5.32 Å². The van der Waals surface area contributed by atoms with E-state index >= 15 is 0 Å². The summed E-state index contributed by atoms with van der Waals surface area (Å²) in [5, 5.41) is 2.94. The molecule has 0 aliphatic carbocycles. The molecule has 0 bridgehead atoms. The van der Waals surface area contributed by atoms with Gasteiger partial charge in [-0.1, -0.05) is 26.0 Å². The summed E-state index contributed by atoms with van der Waals surface area (Å²) >= 11 is 0. The van der Waals surface area contributed by atoms with E-state index in [1.807, 2.05) is 6.92 Å². The molecule has 3 nitrogen and oxygen atoms in total. The fourth-order valence-electron chi connectivity index (χ4n) is 1.49. The number of hydrogen-bond acceptors (Lipinski definition) is 3. The molecule has 0 heterocycles. The van der Waals surface area contributed by atoms with E-state index in [0.29, 0.717) is 0 Å². The van der Waals surface area contributed by atoms with Crippen molar-refractivity contribution in [2.24, 2.45) is 0 Å². The van der Waals surface area contributed by atoms with Gasteiger partial charge in [-0.3, -0.25) is 0 Å². The van der Waals surface area contributed by atoms with Crippen molar-refractivity contribution in [2.75, 3.05) is 12.8 Å². The predicted octanol–water partition coefficient (Wildman–Crippen LogP) is 2.14. The molecule has 1 N–H and O–H groups in total. The summed E-state index contributed by atoms with van der Waals surface area (Å²) in [5.74, 6) is 0. The maximum absolute atomic E-state index is 11.5. The molecule has 2 atom stereocenters. The van der Waals surface area contributed by atoms with Crippen molar-refractivity contribution >= 4 is 9.84 Å². The fourth-order valence-corrected chi connectivity index (χ4v) is 2.28. The lowest BCUT2D eigenvalue weighted by Gasteiger charge is -2.24. The summed E-state index contributed by atoms with van der Waals surface area (Å²) in [6.07, 6.45) is 3.95. The van der Waals surface area contributed by atoms with Gasteiger partial charge in [-0.05, 0) is 32.7 Å². The Morgan fingerprint density at radius 2 is 1.94 bits per heavy atom. The Kier molecular flexibility index (Phi) is 6.91. The van der Waals surface area contributed by atoms with E-state index in [-0.39, 0.29) is 11.3 Å². The molecular formula is C12H25NO2S. The zero-order valence-electron chi connectivity index (χ0n) is 10.9. The van der Waals surface area contributed by atoms with Crippen molar-refractivity contribution in [1.29, 1.82) is 0 Å². The van der Waals surface area contributed by atoms with E-state index < -0.39 is 9.84 Å². The highest BCUT2D eigenvalue weighted by molar-refractivity contribution is 7.91. The first-order valence-corrected chi connectivity index (χ1v) is 7.87. The Balaban J connectivity index is 4.59. The molecule has 4 heteroatoms. The second-order valence-electron chi connectivity index (χ2n) is 4.40. The fraction of sp³-hybridized carbons (Fsp3) is 0.833. The molecule has 0 amide bonds. The van der Waals surface area contributed by atoms with Gasteiger partial charge in [0.2, 0.25) is 0 Å². The summed E-state index contributed by atoms with van der Waals surface area (Å²) in [6.45, 7) is 10.7. The van der Waals surface area contributed by atoms with E-state index in [0.717, 1.165) is 31.4 Å². The Hall–Kier alpha value is -0.350. The van der Waals surface area contributed by atoms with Crippen LogP contribution in [0, 0.1) is 0 Å². The van der Waals surface area contributed by atoms with Crippen molar-refractivity contribution in [3.05, 3.63) is 12.2 Å². The molecule has 0 aliphatic rings. The number of sulfone groups is 1. The van der Waals surface area contributed by atoms with Crippen LogP contribution in [0.4, 0.5) is 0 Å². The number of nitrogens with one attached hydrogen (secondary N) is 1. The van der Waals surface area contributed by atoms with Crippen LogP contribution in [0.15, 0.2) is 12.2 Å². The molecule has 96 valence electrons. The van der Waals surface area contributed by atoms with Crippen LogP contribution in [0.2, 0.25) is 0 Å². The van der Waals surface area contributed by atoms with Crippen molar-refractivity contribution < 1.29 is 8.42 Å². The van der Waals surface area contributed by atoms with Gasteiger partial charge in [0.25, 0.3) is 0 Å². The first-order valence-electron chi connectivity index (χ1n) is 5.91. The Labute approximate surface area is 100 Å². The lowest BCUT2D eigenvalue weighted by atomic mass is 10.0. The van der Waals surface area contributed by atoms with Crippen LogP contribution < -0.4 is 5.32 Å². The maximum Gasteiger partial charge on any atom is 0.151 e. The van der Waals surface area contributed by atoms with Crippen LogP contribution in [-0.4, -0.2) is 32.5 Å². The summed E-state index contributed by atoms with van der Waals surface area (Å²) in [6, 6.07) is -0.0117. The smallest absolute Gasteiger partial charge is 0.151 e. The van der Waals surface area contributed by atoms with E-state index in [1.165, 1.54) is 6.26 Å². The van der Waals surface area contributed by atoms with Crippen LogP contribution in [0.3, 0.4) is 0 Å². The summed E-state index contributed by atoms with van der Waals surface area (Å²) < 4.78 is 23.1. The van der Waals surface area contributed by atoms with Crippen LogP contribution in [0.25, 0.3) is 0 Å². The van der Waals surface area contributed by atoms with Crippen molar-refractivity contribution in [3.63, 3.8) is 0 Å². The molecule has 0 fully saturated rings. The molecule has 0 spiro atoms. The highest BCUT2D eigenvalue weighted by atomic mass is 32.2. The second kappa shape index (κ2) is 7.07. The summed E-state index contributed by atoms with van der Waals surface area (Å²) in [7, 11) is -2.99. The van der Waals surface area contributed by atoms with Crippen LogP contribution in [-0.2, 0) is 9.84 Å². The second-order valence-corrected chi connectivity index (χ2v) is 6.81. The lowest BCUT2D eigenvalue weighted by molar-refractivity contribution is 0.478. The minimum atomic E-state index is -2.99. The van der Waals surface area contributed by atoms with Crippen molar-refractivity contribution in [3.8, 4) is 0 Å². The molecule has 0 aromatic carbocycles. The van der Waals surface area contributed by atoms with Gasteiger partial charge in [0.15, 0.2) is 9.84 Å². The topological polar surface area (TPSA) is 46.2 Å². The lowest BCUT2D eigenvalue weighted by Crippen LogP contribution is -2.42. The Morgan fingerprint density at radius 1 is 1.38 bits per heavy atom. The third-order valence-corrected chi connectivity index (χ3v) is 4.59. The maximum atomic E-state index is 11.5. The normalized spacial score (nSPS) is 15.8. The minimum absolute atomic E-state index is 0.0117. The van der Waals surface area contributed by atoms with Crippen LogP contribution >= 0.6 is 0 Å². The standard InChI is InChI=1S/C12H25NO2S/c1-6-8-13-12(9-10(3)7-2)11(4)16(5,14)15/h11-13H,3,6-9H2,1-2,4-5H3. The van der Waals surface area contributed by atoms with Gasteiger partial charge in [0.05, 0.1) is 5.25 Å². The van der Waals surface area contributed by atoms with Crippen LogP contribution in [0.5, 0.6) is 0 Å². The third kappa shape index (κ3) is 5.66. The zero-order chi connectivity index (χ0) is 12.8. The molecule has 0 saturated heterocycles.